The van der Waals surface area contributed by atoms with Gasteiger partial charge in [-0.2, -0.15) is 0 Å². The van der Waals surface area contributed by atoms with Crippen molar-refractivity contribution in [1.29, 1.82) is 0 Å². The summed E-state index contributed by atoms with van der Waals surface area (Å²) in [5, 5.41) is 0. The molecule has 2 aromatic rings. The predicted molar refractivity (Wildman–Crippen MR) is 74.4 cm³/mol. The zero-order valence-corrected chi connectivity index (χ0v) is 12.1. The highest BCUT2D eigenvalue weighted by Gasteiger charge is 2.23. The molecular weight excluding hydrogens is 278 g/mol. The lowest BCUT2D eigenvalue weighted by atomic mass is 9.90. The first-order valence-corrected chi connectivity index (χ1v) is 6.60. The quantitative estimate of drug-likeness (QED) is 0.926. The van der Waals surface area contributed by atoms with Crippen LogP contribution in [0.4, 0.5) is 0 Å². The van der Waals surface area contributed by atoms with Crippen molar-refractivity contribution in [3.05, 3.63) is 34.2 Å². The van der Waals surface area contributed by atoms with Crippen molar-refractivity contribution in [3.8, 4) is 0 Å². The maximum atomic E-state index is 5.70. The molecule has 0 saturated heterocycles. The van der Waals surface area contributed by atoms with Gasteiger partial charge in [-0.15, -0.1) is 0 Å². The summed E-state index contributed by atoms with van der Waals surface area (Å²) < 4.78 is 3.19. The van der Waals surface area contributed by atoms with Gasteiger partial charge in [-0.25, -0.2) is 4.98 Å². The zero-order valence-electron chi connectivity index (χ0n) is 10.5. The lowest BCUT2D eigenvalue weighted by Crippen LogP contribution is -2.17. The van der Waals surface area contributed by atoms with E-state index in [1.165, 1.54) is 5.69 Å². The van der Waals surface area contributed by atoms with Crippen LogP contribution in [0.2, 0.25) is 0 Å². The molecule has 4 heteroatoms. The van der Waals surface area contributed by atoms with Gasteiger partial charge in [0.2, 0.25) is 0 Å². The highest BCUT2D eigenvalue weighted by atomic mass is 79.9. The first-order valence-electron chi connectivity index (χ1n) is 5.80. The Morgan fingerprint density at radius 2 is 2.12 bits per heavy atom. The van der Waals surface area contributed by atoms with Gasteiger partial charge in [0.25, 0.3) is 0 Å². The minimum absolute atomic E-state index is 0.0446. The maximum Gasteiger partial charge on any atom is 0.138 e. The van der Waals surface area contributed by atoms with Crippen LogP contribution in [0.5, 0.6) is 0 Å². The summed E-state index contributed by atoms with van der Waals surface area (Å²) in [7, 11) is 0. The number of pyridine rings is 1. The van der Waals surface area contributed by atoms with Crippen LogP contribution in [0.3, 0.4) is 0 Å². The van der Waals surface area contributed by atoms with Crippen molar-refractivity contribution in [1.82, 2.24) is 9.38 Å². The molecule has 2 rings (SSSR count). The molecule has 0 amide bonds. The second kappa shape index (κ2) is 4.42. The fourth-order valence-corrected chi connectivity index (χ4v) is 2.37. The van der Waals surface area contributed by atoms with E-state index in [0.29, 0.717) is 6.54 Å². The van der Waals surface area contributed by atoms with Gasteiger partial charge in [0, 0.05) is 28.2 Å². The van der Waals surface area contributed by atoms with Crippen LogP contribution >= 0.6 is 15.9 Å². The van der Waals surface area contributed by atoms with E-state index in [-0.39, 0.29) is 5.41 Å². The molecule has 0 unspecified atom stereocenters. The fraction of sp³-hybridized carbons (Fsp3) is 0.462. The largest absolute Gasteiger partial charge is 0.330 e. The molecule has 92 valence electrons. The number of rotatable bonds is 2. The summed E-state index contributed by atoms with van der Waals surface area (Å²) in [6.07, 6.45) is 2.90. The molecule has 2 aromatic heterocycles. The summed E-state index contributed by atoms with van der Waals surface area (Å²) in [6.45, 7) is 7.20. The van der Waals surface area contributed by atoms with Gasteiger partial charge >= 0.3 is 0 Å². The first-order chi connectivity index (χ1) is 7.93. The smallest absolute Gasteiger partial charge is 0.138 e. The monoisotopic (exact) mass is 295 g/mol. The molecule has 0 bridgehead atoms. The maximum absolute atomic E-state index is 5.70. The molecule has 0 radical (unpaired) electrons. The van der Waals surface area contributed by atoms with Crippen molar-refractivity contribution >= 4 is 21.6 Å². The van der Waals surface area contributed by atoms with Crippen LogP contribution in [-0.2, 0) is 11.8 Å². The van der Waals surface area contributed by atoms with Crippen LogP contribution in [0, 0.1) is 0 Å². The van der Waals surface area contributed by atoms with Crippen molar-refractivity contribution in [2.75, 3.05) is 6.54 Å². The van der Waals surface area contributed by atoms with E-state index in [4.69, 9.17) is 10.7 Å². The predicted octanol–water partition coefficient (Wildman–Crippen LogP) is 2.90. The van der Waals surface area contributed by atoms with Gasteiger partial charge in [0.15, 0.2) is 0 Å². The summed E-state index contributed by atoms with van der Waals surface area (Å²) in [5.41, 5.74) is 9.09. The molecule has 0 aromatic carbocycles. The Bertz CT molecular complexity index is 537. The number of nitrogens with two attached hydrogens (primary N) is 1. The standard InChI is InChI=1S/C13H18BrN3/c1-13(2,3)12-10(4-6-15)17-7-5-9(14)8-11(17)16-12/h5,7-8H,4,6,15H2,1-3H3. The second-order valence-electron chi connectivity index (χ2n) is 5.27. The first kappa shape index (κ1) is 12.6. The van der Waals surface area contributed by atoms with Crippen molar-refractivity contribution in [2.45, 2.75) is 32.6 Å². The van der Waals surface area contributed by atoms with Gasteiger partial charge in [-0.3, -0.25) is 0 Å². The van der Waals surface area contributed by atoms with Crippen molar-refractivity contribution in [2.24, 2.45) is 5.73 Å². The number of hydrogen-bond acceptors (Lipinski definition) is 2. The van der Waals surface area contributed by atoms with E-state index in [9.17, 15) is 0 Å². The normalized spacial score (nSPS) is 12.3. The Labute approximate surface area is 110 Å². The molecular formula is C13H18BrN3. The molecule has 0 atom stereocenters. The van der Waals surface area contributed by atoms with Gasteiger partial charge < -0.3 is 10.1 Å². The Hall–Kier alpha value is -0.870. The average molecular weight is 296 g/mol. The summed E-state index contributed by atoms with van der Waals surface area (Å²) >= 11 is 3.48. The molecule has 0 fully saturated rings. The molecule has 0 aliphatic heterocycles. The van der Waals surface area contributed by atoms with E-state index in [0.717, 1.165) is 22.2 Å². The molecule has 0 aliphatic rings. The van der Waals surface area contributed by atoms with Gasteiger partial charge in [0.1, 0.15) is 5.65 Å². The van der Waals surface area contributed by atoms with E-state index < -0.39 is 0 Å². The van der Waals surface area contributed by atoms with Crippen molar-refractivity contribution < 1.29 is 0 Å². The Morgan fingerprint density at radius 1 is 1.41 bits per heavy atom. The molecule has 0 aliphatic carbocycles. The lowest BCUT2D eigenvalue weighted by molar-refractivity contribution is 0.563. The van der Waals surface area contributed by atoms with Crippen molar-refractivity contribution in [3.63, 3.8) is 0 Å². The number of halogens is 1. The highest BCUT2D eigenvalue weighted by Crippen LogP contribution is 2.27. The number of hydrogen-bond donors (Lipinski definition) is 1. The molecule has 2 N–H and O–H groups in total. The molecule has 3 nitrogen and oxygen atoms in total. The minimum atomic E-state index is 0.0446. The van der Waals surface area contributed by atoms with Gasteiger partial charge in [0.05, 0.1) is 5.69 Å². The highest BCUT2D eigenvalue weighted by molar-refractivity contribution is 9.10. The molecule has 2 heterocycles. The van der Waals surface area contributed by atoms with E-state index in [2.05, 4.69) is 41.1 Å². The number of aromatic nitrogens is 2. The van der Waals surface area contributed by atoms with Gasteiger partial charge in [-0.05, 0) is 18.7 Å². The fourth-order valence-electron chi connectivity index (χ4n) is 2.05. The van der Waals surface area contributed by atoms with E-state index >= 15 is 0 Å². The van der Waals surface area contributed by atoms with Crippen LogP contribution in [0.25, 0.3) is 5.65 Å². The third-order valence-electron chi connectivity index (χ3n) is 2.78. The third-order valence-corrected chi connectivity index (χ3v) is 3.27. The molecule has 0 spiro atoms. The summed E-state index contributed by atoms with van der Waals surface area (Å²) in [4.78, 5) is 4.74. The van der Waals surface area contributed by atoms with Gasteiger partial charge in [-0.1, -0.05) is 36.7 Å². The minimum Gasteiger partial charge on any atom is -0.330 e. The van der Waals surface area contributed by atoms with E-state index in [1.807, 2.05) is 18.3 Å². The second-order valence-corrected chi connectivity index (χ2v) is 6.18. The van der Waals surface area contributed by atoms with Crippen LogP contribution < -0.4 is 5.73 Å². The molecule has 17 heavy (non-hydrogen) atoms. The Kier molecular flexibility index (Phi) is 3.27. The third kappa shape index (κ3) is 2.38. The van der Waals surface area contributed by atoms with Crippen LogP contribution in [0.15, 0.2) is 22.8 Å². The topological polar surface area (TPSA) is 43.3 Å². The van der Waals surface area contributed by atoms with E-state index in [1.54, 1.807) is 0 Å². The number of imidazole rings is 1. The number of nitrogens with zero attached hydrogens (tertiary/aromatic N) is 2. The zero-order chi connectivity index (χ0) is 12.6. The molecule has 0 saturated carbocycles. The lowest BCUT2D eigenvalue weighted by Gasteiger charge is -2.17. The number of fused-ring (bicyclic) bond motifs is 1. The Balaban J connectivity index is 2.70. The van der Waals surface area contributed by atoms with Crippen LogP contribution in [-0.4, -0.2) is 15.9 Å². The Morgan fingerprint density at radius 3 is 2.71 bits per heavy atom. The van der Waals surface area contributed by atoms with Crippen LogP contribution in [0.1, 0.15) is 32.2 Å². The SMILES string of the molecule is CC(C)(C)c1nc2cc(Br)ccn2c1CCN. The average Bonchev–Trinajstić information content (AvgIpc) is 2.56. The summed E-state index contributed by atoms with van der Waals surface area (Å²) in [5.74, 6) is 0. The summed E-state index contributed by atoms with van der Waals surface area (Å²) in [6, 6.07) is 4.07.